The summed E-state index contributed by atoms with van der Waals surface area (Å²) < 4.78 is 0. The van der Waals surface area contributed by atoms with Crippen LogP contribution in [0.4, 0.5) is 5.69 Å². The second-order valence-electron chi connectivity index (χ2n) is 6.90. The first-order chi connectivity index (χ1) is 10.6. The second-order valence-corrected chi connectivity index (χ2v) is 6.90. The highest BCUT2D eigenvalue weighted by atomic mass is 35.5. The molecule has 0 bridgehead atoms. The fourth-order valence-electron chi connectivity index (χ4n) is 3.84. The predicted molar refractivity (Wildman–Crippen MR) is 97.2 cm³/mol. The van der Waals surface area contributed by atoms with Gasteiger partial charge < -0.3 is 15.1 Å². The third kappa shape index (κ3) is 3.81. The van der Waals surface area contributed by atoms with Gasteiger partial charge in [-0.1, -0.05) is 18.2 Å². The van der Waals surface area contributed by atoms with Crippen LogP contribution in [-0.2, 0) is 11.3 Å². The van der Waals surface area contributed by atoms with Crippen LogP contribution in [-0.4, -0.2) is 43.0 Å². The molecule has 1 saturated heterocycles. The monoisotopic (exact) mass is 337 g/mol. The van der Waals surface area contributed by atoms with E-state index in [-0.39, 0.29) is 24.4 Å². The number of likely N-dealkylation sites (N-methyl/N-ethyl adjacent to an activating group) is 1. The van der Waals surface area contributed by atoms with Crippen molar-refractivity contribution < 1.29 is 4.79 Å². The van der Waals surface area contributed by atoms with E-state index in [4.69, 9.17) is 0 Å². The van der Waals surface area contributed by atoms with Gasteiger partial charge in [0.15, 0.2) is 0 Å². The average Bonchev–Trinajstić information content (AvgIpc) is 2.63. The fraction of sp³-hybridized carbons (Fsp3) is 0.611. The third-order valence-electron chi connectivity index (χ3n) is 5.07. The highest BCUT2D eigenvalue weighted by Gasteiger charge is 2.33. The molecular weight excluding hydrogens is 310 g/mol. The van der Waals surface area contributed by atoms with Crippen molar-refractivity contribution in [3.05, 3.63) is 29.8 Å². The van der Waals surface area contributed by atoms with Gasteiger partial charge in [0.05, 0.1) is 0 Å². The molecule has 23 heavy (non-hydrogen) atoms. The lowest BCUT2D eigenvalue weighted by molar-refractivity contribution is -0.139. The SMILES string of the molecule is CC1CN(C)c2ccccc2CN1C(=O)[C@H]1CCN[C@@H](C)C1.Cl. The highest BCUT2D eigenvalue weighted by molar-refractivity contribution is 5.85. The van der Waals surface area contributed by atoms with Crippen LogP contribution in [0.2, 0.25) is 0 Å². The molecule has 1 unspecified atom stereocenters. The lowest BCUT2D eigenvalue weighted by Gasteiger charge is -2.35. The Hall–Kier alpha value is -1.26. The number of carbonyl (C=O) groups excluding carboxylic acids is 1. The zero-order valence-electron chi connectivity index (χ0n) is 14.3. The van der Waals surface area contributed by atoms with Gasteiger partial charge in [0.2, 0.25) is 5.91 Å². The van der Waals surface area contributed by atoms with Crippen molar-refractivity contribution in [3.8, 4) is 0 Å². The van der Waals surface area contributed by atoms with E-state index in [2.05, 4.69) is 60.3 Å². The molecule has 1 amide bonds. The molecule has 5 heteroatoms. The summed E-state index contributed by atoms with van der Waals surface area (Å²) in [6, 6.07) is 9.14. The summed E-state index contributed by atoms with van der Waals surface area (Å²) in [7, 11) is 2.12. The molecule has 1 fully saturated rings. The molecular formula is C18H28ClN3O. The van der Waals surface area contributed by atoms with Crippen molar-refractivity contribution in [2.24, 2.45) is 5.92 Å². The Balaban J connectivity index is 0.00000192. The minimum absolute atomic E-state index is 0. The van der Waals surface area contributed by atoms with Crippen molar-refractivity contribution in [1.29, 1.82) is 0 Å². The molecule has 2 aliphatic heterocycles. The van der Waals surface area contributed by atoms with Crippen molar-refractivity contribution in [2.45, 2.75) is 45.3 Å². The molecule has 2 heterocycles. The van der Waals surface area contributed by atoms with E-state index in [1.807, 2.05) is 0 Å². The maximum atomic E-state index is 13.1. The number of fused-ring (bicyclic) bond motifs is 1. The molecule has 0 aliphatic carbocycles. The Morgan fingerprint density at radius 2 is 2.00 bits per heavy atom. The summed E-state index contributed by atoms with van der Waals surface area (Å²) >= 11 is 0. The molecule has 3 atom stereocenters. The minimum atomic E-state index is 0. The first-order valence-electron chi connectivity index (χ1n) is 8.39. The summed E-state index contributed by atoms with van der Waals surface area (Å²) in [5.74, 6) is 0.514. The lowest BCUT2D eigenvalue weighted by atomic mass is 9.91. The van der Waals surface area contributed by atoms with E-state index in [0.717, 1.165) is 32.5 Å². The third-order valence-corrected chi connectivity index (χ3v) is 5.07. The molecule has 0 saturated carbocycles. The Morgan fingerprint density at radius 1 is 1.26 bits per heavy atom. The Morgan fingerprint density at radius 3 is 2.74 bits per heavy atom. The van der Waals surface area contributed by atoms with Gasteiger partial charge in [-0.15, -0.1) is 12.4 Å². The minimum Gasteiger partial charge on any atom is -0.372 e. The van der Waals surface area contributed by atoms with E-state index >= 15 is 0 Å². The molecule has 1 aromatic carbocycles. The van der Waals surface area contributed by atoms with Gasteiger partial charge in [0, 0.05) is 43.8 Å². The maximum absolute atomic E-state index is 13.1. The van der Waals surface area contributed by atoms with Gasteiger partial charge in [0.1, 0.15) is 0 Å². The molecule has 2 aliphatic rings. The largest absolute Gasteiger partial charge is 0.372 e. The molecule has 0 radical (unpaired) electrons. The van der Waals surface area contributed by atoms with Crippen LogP contribution < -0.4 is 10.2 Å². The van der Waals surface area contributed by atoms with Gasteiger partial charge >= 0.3 is 0 Å². The average molecular weight is 338 g/mol. The van der Waals surface area contributed by atoms with Crippen LogP contribution in [0.1, 0.15) is 32.3 Å². The predicted octanol–water partition coefficient (Wildman–Crippen LogP) is 2.66. The maximum Gasteiger partial charge on any atom is 0.226 e. The second kappa shape index (κ2) is 7.54. The fourth-order valence-corrected chi connectivity index (χ4v) is 3.84. The van der Waals surface area contributed by atoms with Gasteiger partial charge in [-0.25, -0.2) is 0 Å². The van der Waals surface area contributed by atoms with Crippen molar-refractivity contribution >= 4 is 24.0 Å². The van der Waals surface area contributed by atoms with Crippen molar-refractivity contribution in [1.82, 2.24) is 10.2 Å². The summed E-state index contributed by atoms with van der Waals surface area (Å²) in [4.78, 5) is 17.4. The first kappa shape index (κ1) is 18.1. The van der Waals surface area contributed by atoms with E-state index in [0.29, 0.717) is 11.9 Å². The molecule has 4 nitrogen and oxygen atoms in total. The molecule has 128 valence electrons. The van der Waals surface area contributed by atoms with Crippen LogP contribution >= 0.6 is 12.4 Å². The number of amides is 1. The quantitative estimate of drug-likeness (QED) is 0.855. The molecule has 1 N–H and O–H groups in total. The zero-order chi connectivity index (χ0) is 15.7. The standard InChI is InChI=1S/C18H27N3O.ClH/c1-13-10-15(8-9-19-13)18(22)21-12-16-6-4-5-7-17(16)20(3)11-14(21)2;/h4-7,13-15,19H,8-12H2,1-3H3;1H/t13-,14?,15-;/m0./s1. The first-order valence-corrected chi connectivity index (χ1v) is 8.39. The topological polar surface area (TPSA) is 35.6 Å². The summed E-state index contributed by atoms with van der Waals surface area (Å²) in [6.07, 6.45) is 1.92. The van der Waals surface area contributed by atoms with Crippen molar-refractivity contribution in [2.75, 3.05) is 25.0 Å². The Bertz CT molecular complexity index is 551. The van der Waals surface area contributed by atoms with Crippen LogP contribution in [0.3, 0.4) is 0 Å². The van der Waals surface area contributed by atoms with Crippen LogP contribution in [0, 0.1) is 5.92 Å². The number of anilines is 1. The van der Waals surface area contributed by atoms with Gasteiger partial charge in [0.25, 0.3) is 0 Å². The van der Waals surface area contributed by atoms with Gasteiger partial charge in [-0.2, -0.15) is 0 Å². The number of rotatable bonds is 1. The van der Waals surface area contributed by atoms with E-state index in [9.17, 15) is 4.79 Å². The van der Waals surface area contributed by atoms with Crippen LogP contribution in [0.15, 0.2) is 24.3 Å². The number of benzene rings is 1. The number of hydrogen-bond acceptors (Lipinski definition) is 3. The number of nitrogens with zero attached hydrogens (tertiary/aromatic N) is 2. The van der Waals surface area contributed by atoms with E-state index in [1.165, 1.54) is 11.3 Å². The van der Waals surface area contributed by atoms with Crippen LogP contribution in [0.5, 0.6) is 0 Å². The highest BCUT2D eigenvalue weighted by Crippen LogP contribution is 2.28. The van der Waals surface area contributed by atoms with Gasteiger partial charge in [-0.05, 0) is 44.9 Å². The lowest BCUT2D eigenvalue weighted by Crippen LogP contribution is -2.48. The Kier molecular flexibility index (Phi) is 5.93. The number of piperidine rings is 1. The molecule has 1 aromatic rings. The van der Waals surface area contributed by atoms with Crippen molar-refractivity contribution in [3.63, 3.8) is 0 Å². The number of nitrogens with one attached hydrogen (secondary N) is 1. The summed E-state index contributed by atoms with van der Waals surface area (Å²) in [5, 5.41) is 3.44. The van der Waals surface area contributed by atoms with Gasteiger partial charge in [-0.3, -0.25) is 4.79 Å². The zero-order valence-corrected chi connectivity index (χ0v) is 15.1. The van der Waals surface area contributed by atoms with Crippen LogP contribution in [0.25, 0.3) is 0 Å². The van der Waals surface area contributed by atoms with E-state index in [1.54, 1.807) is 0 Å². The molecule has 0 aromatic heterocycles. The summed E-state index contributed by atoms with van der Waals surface area (Å²) in [5.41, 5.74) is 2.51. The molecule has 0 spiro atoms. The number of carbonyl (C=O) groups is 1. The number of hydrogen-bond donors (Lipinski definition) is 1. The molecule has 3 rings (SSSR count). The Labute approximate surface area is 145 Å². The smallest absolute Gasteiger partial charge is 0.226 e. The summed E-state index contributed by atoms with van der Waals surface area (Å²) in [6.45, 7) is 6.93. The number of para-hydroxylation sites is 1. The normalized spacial score (nSPS) is 27.7. The van der Waals surface area contributed by atoms with E-state index < -0.39 is 0 Å². The number of halogens is 1.